The summed E-state index contributed by atoms with van der Waals surface area (Å²) in [5, 5.41) is 3.17. The first-order chi connectivity index (χ1) is 7.81. The van der Waals surface area contributed by atoms with Crippen molar-refractivity contribution in [2.24, 2.45) is 0 Å². The second-order valence-corrected chi connectivity index (χ2v) is 3.31. The number of carbonyl (C=O) groups is 1. The quantitative estimate of drug-likeness (QED) is 0.427. The maximum absolute atomic E-state index is 10.9. The minimum Gasteiger partial charge on any atom is -0.376 e. The van der Waals surface area contributed by atoms with Gasteiger partial charge in [-0.25, -0.2) is 0 Å². The summed E-state index contributed by atoms with van der Waals surface area (Å²) >= 11 is 0. The van der Waals surface area contributed by atoms with Gasteiger partial charge in [0.1, 0.15) is 6.61 Å². The number of carbonyl (C=O) groups excluding carboxylic acids is 1. The molecule has 0 atom stereocenters. The van der Waals surface area contributed by atoms with E-state index in [0.29, 0.717) is 26.2 Å². The molecule has 0 aliphatic rings. The van der Waals surface area contributed by atoms with Crippen molar-refractivity contribution < 1.29 is 14.3 Å². The van der Waals surface area contributed by atoms with Gasteiger partial charge in [0.15, 0.2) is 5.78 Å². The summed E-state index contributed by atoms with van der Waals surface area (Å²) in [6, 6.07) is 0. The van der Waals surface area contributed by atoms with Crippen LogP contribution in [0, 0.1) is 0 Å². The summed E-state index contributed by atoms with van der Waals surface area (Å²) in [6.45, 7) is 7.74. The van der Waals surface area contributed by atoms with Crippen LogP contribution >= 0.6 is 0 Å². The van der Waals surface area contributed by atoms with Gasteiger partial charge in [-0.2, -0.15) is 0 Å². The molecular formula is C12H23NO3. The highest BCUT2D eigenvalue weighted by atomic mass is 16.5. The van der Waals surface area contributed by atoms with Crippen LogP contribution in [0.4, 0.5) is 0 Å². The lowest BCUT2D eigenvalue weighted by atomic mass is 10.3. The summed E-state index contributed by atoms with van der Waals surface area (Å²) in [4.78, 5) is 10.9. The predicted octanol–water partition coefficient (Wildman–Crippen LogP) is 1.16. The SMILES string of the molecule is CCNCCOC/C=C\COCC(=O)CC. The van der Waals surface area contributed by atoms with Gasteiger partial charge in [-0.15, -0.1) is 0 Å². The molecule has 0 heterocycles. The van der Waals surface area contributed by atoms with E-state index in [-0.39, 0.29) is 12.4 Å². The van der Waals surface area contributed by atoms with E-state index in [9.17, 15) is 4.79 Å². The second kappa shape index (κ2) is 12.4. The molecule has 0 saturated heterocycles. The van der Waals surface area contributed by atoms with Crippen molar-refractivity contribution in [2.45, 2.75) is 20.3 Å². The Kier molecular flexibility index (Phi) is 11.8. The molecule has 0 aromatic heterocycles. The van der Waals surface area contributed by atoms with Crippen LogP contribution in [0.1, 0.15) is 20.3 Å². The van der Waals surface area contributed by atoms with Gasteiger partial charge in [-0.1, -0.05) is 26.0 Å². The van der Waals surface area contributed by atoms with Gasteiger partial charge in [0, 0.05) is 13.0 Å². The Morgan fingerprint density at radius 1 is 1.19 bits per heavy atom. The van der Waals surface area contributed by atoms with E-state index in [1.165, 1.54) is 0 Å². The topological polar surface area (TPSA) is 47.6 Å². The lowest BCUT2D eigenvalue weighted by Crippen LogP contribution is -2.18. The fourth-order valence-corrected chi connectivity index (χ4v) is 0.951. The van der Waals surface area contributed by atoms with E-state index in [1.807, 2.05) is 19.1 Å². The predicted molar refractivity (Wildman–Crippen MR) is 64.6 cm³/mol. The van der Waals surface area contributed by atoms with Crippen molar-refractivity contribution in [2.75, 3.05) is 39.5 Å². The van der Waals surface area contributed by atoms with Gasteiger partial charge in [0.2, 0.25) is 0 Å². The first-order valence-electron chi connectivity index (χ1n) is 5.84. The number of Topliss-reactive ketones (excluding diaryl/α,β-unsaturated/α-hetero) is 1. The minimum absolute atomic E-state index is 0.135. The molecule has 0 aliphatic carbocycles. The number of hydrogen-bond donors (Lipinski definition) is 1. The van der Waals surface area contributed by atoms with Crippen molar-refractivity contribution in [3.05, 3.63) is 12.2 Å². The zero-order valence-electron chi connectivity index (χ0n) is 10.3. The monoisotopic (exact) mass is 229 g/mol. The summed E-state index contributed by atoms with van der Waals surface area (Å²) in [5.41, 5.74) is 0. The molecule has 0 radical (unpaired) electrons. The van der Waals surface area contributed by atoms with E-state index in [4.69, 9.17) is 9.47 Å². The van der Waals surface area contributed by atoms with Crippen LogP contribution in [0.25, 0.3) is 0 Å². The molecular weight excluding hydrogens is 206 g/mol. The van der Waals surface area contributed by atoms with Crippen molar-refractivity contribution in [1.29, 1.82) is 0 Å². The van der Waals surface area contributed by atoms with Gasteiger partial charge < -0.3 is 14.8 Å². The lowest BCUT2D eigenvalue weighted by Gasteiger charge is -2.01. The van der Waals surface area contributed by atoms with Crippen LogP contribution < -0.4 is 5.32 Å². The molecule has 0 aromatic rings. The first kappa shape index (κ1) is 15.3. The molecule has 0 rings (SSSR count). The Bertz CT molecular complexity index is 193. The zero-order chi connectivity index (χ0) is 12.1. The highest BCUT2D eigenvalue weighted by molar-refractivity contribution is 5.79. The molecule has 4 nitrogen and oxygen atoms in total. The highest BCUT2D eigenvalue weighted by Crippen LogP contribution is 1.84. The molecule has 0 aliphatic heterocycles. The number of rotatable bonds is 11. The summed E-state index contributed by atoms with van der Waals surface area (Å²) < 4.78 is 10.4. The Morgan fingerprint density at radius 3 is 2.50 bits per heavy atom. The third-order valence-corrected chi connectivity index (χ3v) is 1.93. The van der Waals surface area contributed by atoms with Crippen molar-refractivity contribution >= 4 is 5.78 Å². The summed E-state index contributed by atoms with van der Waals surface area (Å²) in [6.07, 6.45) is 4.32. The van der Waals surface area contributed by atoms with Gasteiger partial charge in [0.25, 0.3) is 0 Å². The Balaban J connectivity index is 3.13. The minimum atomic E-state index is 0.135. The number of nitrogens with one attached hydrogen (secondary N) is 1. The summed E-state index contributed by atoms with van der Waals surface area (Å²) in [7, 11) is 0. The molecule has 0 bridgehead atoms. The molecule has 4 heteroatoms. The molecule has 0 unspecified atom stereocenters. The number of hydrogen-bond acceptors (Lipinski definition) is 4. The maximum Gasteiger partial charge on any atom is 0.158 e. The maximum atomic E-state index is 10.9. The molecule has 0 saturated carbocycles. The zero-order valence-corrected chi connectivity index (χ0v) is 10.3. The van der Waals surface area contributed by atoms with Crippen LogP contribution in [0.15, 0.2) is 12.2 Å². The third-order valence-electron chi connectivity index (χ3n) is 1.93. The third kappa shape index (κ3) is 11.4. The molecule has 0 spiro atoms. The van der Waals surface area contributed by atoms with Crippen LogP contribution in [0.2, 0.25) is 0 Å². The van der Waals surface area contributed by atoms with Crippen LogP contribution in [-0.4, -0.2) is 45.3 Å². The van der Waals surface area contributed by atoms with Gasteiger partial charge >= 0.3 is 0 Å². The Hall–Kier alpha value is -0.710. The average molecular weight is 229 g/mol. The molecule has 94 valence electrons. The largest absolute Gasteiger partial charge is 0.376 e. The van der Waals surface area contributed by atoms with E-state index in [2.05, 4.69) is 12.2 Å². The fourth-order valence-electron chi connectivity index (χ4n) is 0.951. The van der Waals surface area contributed by atoms with E-state index >= 15 is 0 Å². The molecule has 0 fully saturated rings. The Morgan fingerprint density at radius 2 is 1.88 bits per heavy atom. The van der Waals surface area contributed by atoms with Gasteiger partial charge in [0.05, 0.1) is 19.8 Å². The number of ether oxygens (including phenoxy) is 2. The normalized spacial score (nSPS) is 11.1. The van der Waals surface area contributed by atoms with Crippen LogP contribution in [0.5, 0.6) is 0 Å². The second-order valence-electron chi connectivity index (χ2n) is 3.31. The highest BCUT2D eigenvalue weighted by Gasteiger charge is 1.94. The molecule has 16 heavy (non-hydrogen) atoms. The van der Waals surface area contributed by atoms with Crippen molar-refractivity contribution in [1.82, 2.24) is 5.32 Å². The fraction of sp³-hybridized carbons (Fsp3) is 0.750. The number of ketones is 1. The molecule has 0 amide bonds. The van der Waals surface area contributed by atoms with Crippen molar-refractivity contribution in [3.63, 3.8) is 0 Å². The van der Waals surface area contributed by atoms with Crippen LogP contribution in [-0.2, 0) is 14.3 Å². The molecule has 1 N–H and O–H groups in total. The first-order valence-corrected chi connectivity index (χ1v) is 5.84. The lowest BCUT2D eigenvalue weighted by molar-refractivity contribution is -0.122. The Labute approximate surface area is 98.0 Å². The van der Waals surface area contributed by atoms with Crippen LogP contribution in [0.3, 0.4) is 0 Å². The van der Waals surface area contributed by atoms with E-state index < -0.39 is 0 Å². The van der Waals surface area contributed by atoms with Gasteiger partial charge in [-0.3, -0.25) is 4.79 Å². The van der Waals surface area contributed by atoms with Crippen molar-refractivity contribution in [3.8, 4) is 0 Å². The molecule has 0 aromatic carbocycles. The van der Waals surface area contributed by atoms with E-state index in [0.717, 1.165) is 13.1 Å². The number of likely N-dealkylation sites (N-methyl/N-ethyl adjacent to an activating group) is 1. The standard InChI is InChI=1S/C12H23NO3/c1-3-12(14)11-16-9-6-5-8-15-10-7-13-4-2/h5-6,13H,3-4,7-11H2,1-2H3/b6-5-. The van der Waals surface area contributed by atoms with Gasteiger partial charge in [-0.05, 0) is 6.54 Å². The van der Waals surface area contributed by atoms with E-state index in [1.54, 1.807) is 0 Å². The smallest absolute Gasteiger partial charge is 0.158 e. The summed E-state index contributed by atoms with van der Waals surface area (Å²) in [5.74, 6) is 0.135. The average Bonchev–Trinajstić information content (AvgIpc) is 2.31.